The molecule has 1 atom stereocenters. The van der Waals surface area contributed by atoms with E-state index in [0.717, 1.165) is 11.1 Å². The van der Waals surface area contributed by atoms with Gasteiger partial charge in [0, 0.05) is 34.6 Å². The Morgan fingerprint density at radius 1 is 1.00 bits per heavy atom. The Balaban J connectivity index is 2.25. The highest BCUT2D eigenvalue weighted by molar-refractivity contribution is 6.35. The third kappa shape index (κ3) is 7.71. The van der Waals surface area contributed by atoms with Crippen molar-refractivity contribution in [2.45, 2.75) is 52.6 Å². The smallest absolute Gasteiger partial charge is 0.242 e. The van der Waals surface area contributed by atoms with Gasteiger partial charge < -0.3 is 10.2 Å². The lowest BCUT2D eigenvalue weighted by atomic mass is 10.1. The lowest BCUT2D eigenvalue weighted by Gasteiger charge is -2.31. The topological polar surface area (TPSA) is 49.4 Å². The van der Waals surface area contributed by atoms with Crippen molar-refractivity contribution in [3.05, 3.63) is 68.7 Å². The minimum atomic E-state index is -0.593. The molecule has 1 N–H and O–H groups in total. The Hall–Kier alpha value is -1.75. The summed E-state index contributed by atoms with van der Waals surface area (Å²) in [6, 6.07) is 12.0. The van der Waals surface area contributed by atoms with Gasteiger partial charge in [0.2, 0.25) is 11.8 Å². The van der Waals surface area contributed by atoms with Crippen molar-refractivity contribution in [3.63, 3.8) is 0 Å². The predicted octanol–water partition coefficient (Wildman–Crippen LogP) is 6.16. The van der Waals surface area contributed by atoms with Crippen LogP contribution in [0.2, 0.25) is 15.1 Å². The van der Waals surface area contributed by atoms with E-state index in [1.165, 1.54) is 0 Å². The summed E-state index contributed by atoms with van der Waals surface area (Å²) in [5.41, 5.74) is 1.64. The minimum absolute atomic E-state index is 0.127. The van der Waals surface area contributed by atoms with Gasteiger partial charge in [0.25, 0.3) is 0 Å². The van der Waals surface area contributed by atoms with Gasteiger partial charge in [0.05, 0.1) is 0 Å². The zero-order valence-electron chi connectivity index (χ0n) is 18.1. The molecule has 2 aromatic rings. The van der Waals surface area contributed by atoms with Crippen molar-refractivity contribution < 1.29 is 9.59 Å². The van der Waals surface area contributed by atoms with Crippen molar-refractivity contribution in [2.75, 3.05) is 6.54 Å². The highest BCUT2D eigenvalue weighted by Gasteiger charge is 2.29. The molecule has 0 heterocycles. The number of benzene rings is 2. The molecule has 4 nitrogen and oxygen atoms in total. The Morgan fingerprint density at radius 3 is 2.32 bits per heavy atom. The first-order valence-corrected chi connectivity index (χ1v) is 11.6. The maximum Gasteiger partial charge on any atom is 0.242 e. The van der Waals surface area contributed by atoms with E-state index in [4.69, 9.17) is 34.8 Å². The standard InChI is InChI=1S/C24H29Cl3N2O2/c1-4-22(24(31)28-14-16(2)3)29(15-18-9-11-19(25)13-21(18)27)23(30)12-10-17-7-5-6-8-20(17)26/h5-9,11,13,16,22H,4,10,12,14-15H2,1-3H3,(H,28,31)/t22-/m1/s1. The number of aryl methyl sites for hydroxylation is 1. The molecule has 0 aromatic heterocycles. The van der Waals surface area contributed by atoms with E-state index >= 15 is 0 Å². The summed E-state index contributed by atoms with van der Waals surface area (Å²) in [4.78, 5) is 27.8. The number of carbonyl (C=O) groups is 2. The van der Waals surface area contributed by atoms with Crippen LogP contribution in [0.4, 0.5) is 0 Å². The zero-order valence-corrected chi connectivity index (χ0v) is 20.4. The molecule has 0 aliphatic rings. The quantitative estimate of drug-likeness (QED) is 0.440. The van der Waals surface area contributed by atoms with Crippen LogP contribution in [-0.2, 0) is 22.6 Å². The Labute approximate surface area is 199 Å². The van der Waals surface area contributed by atoms with E-state index in [0.29, 0.717) is 40.4 Å². The molecule has 0 aliphatic carbocycles. The van der Waals surface area contributed by atoms with Gasteiger partial charge in [-0.15, -0.1) is 0 Å². The number of hydrogen-bond acceptors (Lipinski definition) is 2. The van der Waals surface area contributed by atoms with Crippen LogP contribution in [0.1, 0.15) is 44.7 Å². The SMILES string of the molecule is CC[C@H](C(=O)NCC(C)C)N(Cc1ccc(Cl)cc1Cl)C(=O)CCc1ccccc1Cl. The Kier molecular flexibility index (Phi) is 10.1. The van der Waals surface area contributed by atoms with Crippen molar-refractivity contribution in [2.24, 2.45) is 5.92 Å². The van der Waals surface area contributed by atoms with E-state index in [-0.39, 0.29) is 24.8 Å². The zero-order chi connectivity index (χ0) is 23.0. The molecule has 31 heavy (non-hydrogen) atoms. The lowest BCUT2D eigenvalue weighted by molar-refractivity contribution is -0.141. The molecule has 2 aromatic carbocycles. The van der Waals surface area contributed by atoms with Crippen LogP contribution < -0.4 is 5.32 Å². The van der Waals surface area contributed by atoms with Crippen LogP contribution in [-0.4, -0.2) is 29.3 Å². The van der Waals surface area contributed by atoms with Gasteiger partial charge in [0.1, 0.15) is 6.04 Å². The van der Waals surface area contributed by atoms with Crippen LogP contribution >= 0.6 is 34.8 Å². The summed E-state index contributed by atoms with van der Waals surface area (Å²) in [5, 5.41) is 4.57. The molecular formula is C24H29Cl3N2O2. The monoisotopic (exact) mass is 482 g/mol. The van der Waals surface area contributed by atoms with E-state index in [1.807, 2.05) is 39.0 Å². The first-order chi connectivity index (χ1) is 14.7. The van der Waals surface area contributed by atoms with E-state index in [1.54, 1.807) is 29.2 Å². The van der Waals surface area contributed by atoms with Crippen LogP contribution in [0.15, 0.2) is 42.5 Å². The van der Waals surface area contributed by atoms with Gasteiger partial charge in [0.15, 0.2) is 0 Å². The van der Waals surface area contributed by atoms with Crippen LogP contribution in [0.5, 0.6) is 0 Å². The molecule has 168 valence electrons. The third-order valence-corrected chi connectivity index (χ3v) is 5.95. The number of halogens is 3. The fourth-order valence-corrected chi connectivity index (χ4v) is 3.96. The summed E-state index contributed by atoms with van der Waals surface area (Å²) in [5.74, 6) is 0.0291. The summed E-state index contributed by atoms with van der Waals surface area (Å²) >= 11 is 18.6. The van der Waals surface area contributed by atoms with E-state index < -0.39 is 6.04 Å². The second-order valence-corrected chi connectivity index (χ2v) is 9.16. The molecule has 0 unspecified atom stereocenters. The molecule has 0 spiro atoms. The second kappa shape index (κ2) is 12.3. The fraction of sp³-hybridized carbons (Fsp3) is 0.417. The highest BCUT2D eigenvalue weighted by Crippen LogP contribution is 2.25. The molecule has 0 saturated heterocycles. The molecular weight excluding hydrogens is 455 g/mol. The van der Waals surface area contributed by atoms with Crippen molar-refractivity contribution >= 4 is 46.6 Å². The second-order valence-electron chi connectivity index (χ2n) is 7.91. The van der Waals surface area contributed by atoms with Gasteiger partial charge in [-0.25, -0.2) is 0 Å². The highest BCUT2D eigenvalue weighted by atomic mass is 35.5. The molecule has 0 aliphatic heterocycles. The molecule has 0 radical (unpaired) electrons. The maximum absolute atomic E-state index is 13.3. The maximum atomic E-state index is 13.3. The van der Waals surface area contributed by atoms with Crippen molar-refractivity contribution in [3.8, 4) is 0 Å². The van der Waals surface area contributed by atoms with Gasteiger partial charge >= 0.3 is 0 Å². The third-order valence-electron chi connectivity index (χ3n) is 4.99. The molecule has 0 bridgehead atoms. The van der Waals surface area contributed by atoms with Gasteiger partial charge in [-0.1, -0.05) is 79.8 Å². The molecule has 0 saturated carbocycles. The number of carbonyl (C=O) groups excluding carboxylic acids is 2. The lowest BCUT2D eigenvalue weighted by Crippen LogP contribution is -2.49. The predicted molar refractivity (Wildman–Crippen MR) is 129 cm³/mol. The first kappa shape index (κ1) is 25.5. The molecule has 2 rings (SSSR count). The minimum Gasteiger partial charge on any atom is -0.354 e. The van der Waals surface area contributed by atoms with Crippen LogP contribution in [0.3, 0.4) is 0 Å². The van der Waals surface area contributed by atoms with Gasteiger partial charge in [-0.05, 0) is 48.1 Å². The average Bonchev–Trinajstić information content (AvgIpc) is 2.72. The Morgan fingerprint density at radius 2 is 1.71 bits per heavy atom. The van der Waals surface area contributed by atoms with Crippen LogP contribution in [0, 0.1) is 5.92 Å². The fourth-order valence-electron chi connectivity index (χ4n) is 3.26. The Bertz CT molecular complexity index is 902. The van der Waals surface area contributed by atoms with E-state index in [9.17, 15) is 9.59 Å². The first-order valence-electron chi connectivity index (χ1n) is 10.5. The summed E-state index contributed by atoms with van der Waals surface area (Å²) < 4.78 is 0. The number of nitrogens with zero attached hydrogens (tertiary/aromatic N) is 1. The number of rotatable bonds is 10. The molecule has 0 fully saturated rings. The number of nitrogens with one attached hydrogen (secondary N) is 1. The van der Waals surface area contributed by atoms with Crippen molar-refractivity contribution in [1.29, 1.82) is 0 Å². The van der Waals surface area contributed by atoms with Crippen LogP contribution in [0.25, 0.3) is 0 Å². The number of amides is 2. The summed E-state index contributed by atoms with van der Waals surface area (Å²) in [7, 11) is 0. The van der Waals surface area contributed by atoms with Gasteiger partial charge in [-0.3, -0.25) is 9.59 Å². The average molecular weight is 484 g/mol. The summed E-state index contributed by atoms with van der Waals surface area (Å²) in [6.07, 6.45) is 1.23. The number of hydrogen-bond donors (Lipinski definition) is 1. The molecule has 7 heteroatoms. The summed E-state index contributed by atoms with van der Waals surface area (Å²) in [6.45, 7) is 6.74. The normalized spacial score (nSPS) is 12.0. The molecule has 2 amide bonds. The van der Waals surface area contributed by atoms with Gasteiger partial charge in [-0.2, -0.15) is 0 Å². The largest absolute Gasteiger partial charge is 0.354 e. The van der Waals surface area contributed by atoms with Crippen molar-refractivity contribution in [1.82, 2.24) is 10.2 Å². The van der Waals surface area contributed by atoms with E-state index in [2.05, 4.69) is 5.32 Å².